The topological polar surface area (TPSA) is 0 Å². The Labute approximate surface area is 86.3 Å². The van der Waals surface area contributed by atoms with Crippen molar-refractivity contribution in [2.75, 3.05) is 0 Å². The van der Waals surface area contributed by atoms with E-state index in [0.29, 0.717) is 0 Å². The predicted molar refractivity (Wildman–Crippen MR) is 59.8 cm³/mol. The van der Waals surface area contributed by atoms with Crippen molar-refractivity contribution < 1.29 is 4.39 Å². The van der Waals surface area contributed by atoms with Gasteiger partial charge >= 0.3 is 0 Å². The Morgan fingerprint density at radius 2 is 2.14 bits per heavy atom. The first-order valence-corrected chi connectivity index (χ1v) is 5.20. The zero-order valence-corrected chi connectivity index (χ0v) is 8.35. The van der Waals surface area contributed by atoms with E-state index in [2.05, 4.69) is 6.58 Å². The second-order valence-electron chi connectivity index (χ2n) is 2.95. The lowest BCUT2D eigenvalue weighted by Crippen LogP contribution is -1.83. The van der Waals surface area contributed by atoms with Gasteiger partial charge in [0.2, 0.25) is 0 Å². The van der Waals surface area contributed by atoms with E-state index >= 15 is 0 Å². The number of hydrogen-bond donors (Lipinski definition) is 0. The molecule has 2 rings (SSSR count). The maximum atomic E-state index is 13.0. The van der Waals surface area contributed by atoms with Gasteiger partial charge in [-0.3, -0.25) is 0 Å². The summed E-state index contributed by atoms with van der Waals surface area (Å²) >= 11 is 1.60. The Balaban J connectivity index is 2.61. The second kappa shape index (κ2) is 3.76. The summed E-state index contributed by atoms with van der Waals surface area (Å²) in [6.45, 7) is 3.71. The molecular formula is C12H9FS. The zero-order valence-electron chi connectivity index (χ0n) is 7.53. The standard InChI is InChI=1S/C12H9FS/c1-2-9-3-4-11(13)7-12(9)10-5-6-14-8-10/h2-8H,1H2. The Bertz CT molecular complexity index is 443. The fourth-order valence-corrected chi connectivity index (χ4v) is 2.03. The average Bonchev–Trinajstić information content (AvgIpc) is 2.70. The first-order valence-electron chi connectivity index (χ1n) is 4.26. The van der Waals surface area contributed by atoms with Crippen LogP contribution in [0.25, 0.3) is 17.2 Å². The van der Waals surface area contributed by atoms with Crippen molar-refractivity contribution in [2.24, 2.45) is 0 Å². The molecule has 1 aromatic heterocycles. The minimum absolute atomic E-state index is 0.211. The average molecular weight is 204 g/mol. The van der Waals surface area contributed by atoms with Gasteiger partial charge in [-0.05, 0) is 45.6 Å². The minimum Gasteiger partial charge on any atom is -0.207 e. The third kappa shape index (κ3) is 1.61. The van der Waals surface area contributed by atoms with Crippen molar-refractivity contribution in [1.82, 2.24) is 0 Å². The number of halogens is 1. The summed E-state index contributed by atoms with van der Waals surface area (Å²) in [5, 5.41) is 3.98. The molecule has 0 bridgehead atoms. The minimum atomic E-state index is -0.211. The molecule has 2 heteroatoms. The van der Waals surface area contributed by atoms with Crippen molar-refractivity contribution in [2.45, 2.75) is 0 Å². The molecule has 0 atom stereocenters. The van der Waals surface area contributed by atoms with E-state index in [1.54, 1.807) is 29.5 Å². The van der Waals surface area contributed by atoms with Crippen LogP contribution in [0.15, 0.2) is 41.6 Å². The summed E-state index contributed by atoms with van der Waals surface area (Å²) in [6.07, 6.45) is 1.74. The molecule has 0 amide bonds. The summed E-state index contributed by atoms with van der Waals surface area (Å²) in [4.78, 5) is 0. The van der Waals surface area contributed by atoms with E-state index < -0.39 is 0 Å². The summed E-state index contributed by atoms with van der Waals surface area (Å²) < 4.78 is 13.0. The summed E-state index contributed by atoms with van der Waals surface area (Å²) in [5.74, 6) is -0.211. The van der Waals surface area contributed by atoms with Gasteiger partial charge in [0.05, 0.1) is 0 Å². The number of benzene rings is 1. The zero-order chi connectivity index (χ0) is 9.97. The van der Waals surface area contributed by atoms with Crippen LogP contribution in [0, 0.1) is 5.82 Å². The maximum absolute atomic E-state index is 13.0. The predicted octanol–water partition coefficient (Wildman–Crippen LogP) is 4.20. The molecule has 1 aromatic carbocycles. The normalized spacial score (nSPS) is 10.1. The van der Waals surface area contributed by atoms with Gasteiger partial charge in [0.1, 0.15) is 5.82 Å². The quantitative estimate of drug-likeness (QED) is 0.687. The molecule has 1 heterocycles. The summed E-state index contributed by atoms with van der Waals surface area (Å²) in [7, 11) is 0. The van der Waals surface area contributed by atoms with E-state index in [1.165, 1.54) is 6.07 Å². The largest absolute Gasteiger partial charge is 0.207 e. The second-order valence-corrected chi connectivity index (χ2v) is 3.73. The number of rotatable bonds is 2. The molecule has 0 radical (unpaired) electrons. The van der Waals surface area contributed by atoms with Crippen LogP contribution in [-0.2, 0) is 0 Å². The van der Waals surface area contributed by atoms with Crippen molar-refractivity contribution in [1.29, 1.82) is 0 Å². The van der Waals surface area contributed by atoms with E-state index in [1.807, 2.05) is 16.8 Å². The lowest BCUT2D eigenvalue weighted by Gasteiger charge is -2.03. The molecule has 14 heavy (non-hydrogen) atoms. The SMILES string of the molecule is C=Cc1ccc(F)cc1-c1ccsc1. The third-order valence-corrected chi connectivity index (χ3v) is 2.75. The Morgan fingerprint density at radius 3 is 2.79 bits per heavy atom. The molecule has 2 aromatic rings. The highest BCUT2D eigenvalue weighted by molar-refractivity contribution is 7.08. The highest BCUT2D eigenvalue weighted by Crippen LogP contribution is 2.27. The van der Waals surface area contributed by atoms with Gasteiger partial charge in [0.25, 0.3) is 0 Å². The Hall–Kier alpha value is -1.41. The Kier molecular flexibility index (Phi) is 2.46. The van der Waals surface area contributed by atoms with Gasteiger partial charge in [-0.25, -0.2) is 4.39 Å². The lowest BCUT2D eigenvalue weighted by molar-refractivity contribution is 0.628. The van der Waals surface area contributed by atoms with Crippen LogP contribution in [0.4, 0.5) is 4.39 Å². The molecule has 0 saturated carbocycles. The van der Waals surface area contributed by atoms with Crippen LogP contribution in [0.2, 0.25) is 0 Å². The molecule has 0 spiro atoms. The first kappa shape index (κ1) is 9.16. The fourth-order valence-electron chi connectivity index (χ4n) is 1.37. The molecule has 0 aliphatic carbocycles. The first-order chi connectivity index (χ1) is 6.81. The van der Waals surface area contributed by atoms with Crippen LogP contribution in [0.1, 0.15) is 5.56 Å². The van der Waals surface area contributed by atoms with Crippen LogP contribution in [0.3, 0.4) is 0 Å². The van der Waals surface area contributed by atoms with E-state index in [0.717, 1.165) is 16.7 Å². The summed E-state index contributed by atoms with van der Waals surface area (Å²) in [6, 6.07) is 6.72. The van der Waals surface area contributed by atoms with Gasteiger partial charge in [-0.1, -0.05) is 18.7 Å². The Morgan fingerprint density at radius 1 is 1.29 bits per heavy atom. The smallest absolute Gasteiger partial charge is 0.123 e. The number of hydrogen-bond acceptors (Lipinski definition) is 1. The fraction of sp³-hybridized carbons (Fsp3) is 0. The highest BCUT2D eigenvalue weighted by Gasteiger charge is 2.04. The molecule has 0 N–H and O–H groups in total. The van der Waals surface area contributed by atoms with E-state index in [9.17, 15) is 4.39 Å². The van der Waals surface area contributed by atoms with Gasteiger partial charge in [-0.15, -0.1) is 0 Å². The monoisotopic (exact) mass is 204 g/mol. The third-order valence-electron chi connectivity index (χ3n) is 2.07. The van der Waals surface area contributed by atoms with Gasteiger partial charge in [0.15, 0.2) is 0 Å². The molecule has 0 saturated heterocycles. The molecule has 0 unspecified atom stereocenters. The van der Waals surface area contributed by atoms with E-state index in [4.69, 9.17) is 0 Å². The van der Waals surface area contributed by atoms with Crippen LogP contribution in [-0.4, -0.2) is 0 Å². The van der Waals surface area contributed by atoms with Crippen molar-refractivity contribution in [3.05, 3.63) is 53.0 Å². The van der Waals surface area contributed by atoms with E-state index in [-0.39, 0.29) is 5.82 Å². The van der Waals surface area contributed by atoms with Crippen LogP contribution < -0.4 is 0 Å². The lowest BCUT2D eigenvalue weighted by atomic mass is 10.0. The summed E-state index contributed by atoms with van der Waals surface area (Å²) in [5.41, 5.74) is 2.91. The van der Waals surface area contributed by atoms with Gasteiger partial charge < -0.3 is 0 Å². The van der Waals surface area contributed by atoms with Crippen molar-refractivity contribution in [3.8, 4) is 11.1 Å². The molecule has 0 aliphatic heterocycles. The van der Waals surface area contributed by atoms with Crippen molar-refractivity contribution >= 4 is 17.4 Å². The van der Waals surface area contributed by atoms with Crippen molar-refractivity contribution in [3.63, 3.8) is 0 Å². The molecule has 0 nitrogen and oxygen atoms in total. The molecular weight excluding hydrogens is 195 g/mol. The molecule has 0 aliphatic rings. The maximum Gasteiger partial charge on any atom is 0.123 e. The number of thiophene rings is 1. The van der Waals surface area contributed by atoms with Crippen LogP contribution >= 0.6 is 11.3 Å². The molecule has 0 fully saturated rings. The van der Waals surface area contributed by atoms with Gasteiger partial charge in [-0.2, -0.15) is 11.3 Å². The highest BCUT2D eigenvalue weighted by atomic mass is 32.1. The molecule has 70 valence electrons. The van der Waals surface area contributed by atoms with Gasteiger partial charge in [0, 0.05) is 0 Å². The van der Waals surface area contributed by atoms with Crippen LogP contribution in [0.5, 0.6) is 0 Å².